The van der Waals surface area contributed by atoms with E-state index in [1.165, 1.54) is 5.56 Å². The van der Waals surface area contributed by atoms with Crippen molar-refractivity contribution in [2.45, 2.75) is 32.1 Å². The molecule has 0 spiro atoms. The number of benzene rings is 1. The van der Waals surface area contributed by atoms with Crippen LogP contribution in [0.15, 0.2) is 42.6 Å². The lowest BCUT2D eigenvalue weighted by molar-refractivity contribution is 0.174. The second-order valence-electron chi connectivity index (χ2n) is 4.81. The van der Waals surface area contributed by atoms with Crippen molar-refractivity contribution in [3.05, 3.63) is 53.9 Å². The molecule has 1 aromatic heterocycles. The largest absolute Gasteiger partial charge is 0.488 e. The highest BCUT2D eigenvalue weighted by Crippen LogP contribution is 2.29. The molecule has 3 heteroatoms. The van der Waals surface area contributed by atoms with Crippen molar-refractivity contribution in [3.8, 4) is 5.75 Å². The highest BCUT2D eigenvalue weighted by molar-refractivity contribution is 5.37. The second-order valence-corrected chi connectivity index (χ2v) is 4.81. The fraction of sp³-hybridized carbons (Fsp3) is 0.333. The molecule has 1 N–H and O–H groups in total. The Balaban J connectivity index is 1.74. The molecule has 18 heavy (non-hydrogen) atoms. The predicted octanol–water partition coefficient (Wildman–Crippen LogP) is 2.55. The topological polar surface area (TPSA) is 34.4 Å². The minimum absolute atomic E-state index is 0.160. The summed E-state index contributed by atoms with van der Waals surface area (Å²) in [6, 6.07) is 12.1. The molecule has 0 radical (unpaired) electrons. The van der Waals surface area contributed by atoms with Gasteiger partial charge in [-0.3, -0.25) is 0 Å². The lowest BCUT2D eigenvalue weighted by Crippen LogP contribution is -2.22. The molecule has 2 aromatic rings. The minimum Gasteiger partial charge on any atom is -0.488 e. The van der Waals surface area contributed by atoms with Gasteiger partial charge in [0.25, 0.3) is 0 Å². The van der Waals surface area contributed by atoms with Crippen LogP contribution in [0, 0.1) is 0 Å². The van der Waals surface area contributed by atoms with Crippen LogP contribution in [-0.2, 0) is 13.0 Å². The van der Waals surface area contributed by atoms with E-state index in [4.69, 9.17) is 4.74 Å². The number of ether oxygens (including phenoxy) is 1. The lowest BCUT2D eigenvalue weighted by Gasteiger charge is -2.16. The summed E-state index contributed by atoms with van der Waals surface area (Å²) >= 11 is 0. The molecule has 0 saturated heterocycles. The highest BCUT2D eigenvalue weighted by Gasteiger charge is 2.23. The molecule has 0 saturated carbocycles. The molecule has 94 valence electrons. The zero-order valence-electron chi connectivity index (χ0n) is 10.4. The van der Waals surface area contributed by atoms with E-state index in [1.807, 2.05) is 36.5 Å². The Morgan fingerprint density at radius 3 is 2.94 bits per heavy atom. The van der Waals surface area contributed by atoms with E-state index in [2.05, 4.69) is 10.6 Å². The number of para-hydroxylation sites is 1. The number of fused-ring (bicyclic) bond motifs is 1. The molecule has 1 aliphatic heterocycles. The fourth-order valence-corrected chi connectivity index (χ4v) is 2.55. The standard InChI is InChI=1S/C15H17NO2/c1-11(17)14-6-4-8-16(14)10-13-9-12-5-2-3-7-15(12)18-13/h2-8,11,13,17H,9-10H2,1H3. The van der Waals surface area contributed by atoms with Crippen LogP contribution in [0.2, 0.25) is 0 Å². The Hall–Kier alpha value is -1.74. The summed E-state index contributed by atoms with van der Waals surface area (Å²) in [7, 11) is 0. The van der Waals surface area contributed by atoms with Gasteiger partial charge >= 0.3 is 0 Å². The fourth-order valence-electron chi connectivity index (χ4n) is 2.55. The Bertz CT molecular complexity index is 520. The summed E-state index contributed by atoms with van der Waals surface area (Å²) < 4.78 is 7.98. The van der Waals surface area contributed by atoms with Gasteiger partial charge in [-0.2, -0.15) is 0 Å². The van der Waals surface area contributed by atoms with Crippen LogP contribution in [0.5, 0.6) is 5.75 Å². The first-order valence-electron chi connectivity index (χ1n) is 6.31. The number of rotatable bonds is 3. The van der Waals surface area contributed by atoms with Gasteiger partial charge in [0.2, 0.25) is 0 Å². The van der Waals surface area contributed by atoms with Gasteiger partial charge in [0.1, 0.15) is 11.9 Å². The number of nitrogens with zero attached hydrogens (tertiary/aromatic N) is 1. The molecule has 0 amide bonds. The first-order chi connectivity index (χ1) is 8.74. The van der Waals surface area contributed by atoms with Crippen LogP contribution in [0.4, 0.5) is 0 Å². The van der Waals surface area contributed by atoms with Crippen molar-refractivity contribution >= 4 is 0 Å². The SMILES string of the molecule is CC(O)c1cccn1CC1Cc2ccccc2O1. The molecule has 0 bridgehead atoms. The van der Waals surface area contributed by atoms with Crippen molar-refractivity contribution in [2.75, 3.05) is 0 Å². The highest BCUT2D eigenvalue weighted by atomic mass is 16.5. The van der Waals surface area contributed by atoms with Crippen LogP contribution in [0.25, 0.3) is 0 Å². The average Bonchev–Trinajstić information content (AvgIpc) is 2.94. The molecule has 1 aromatic carbocycles. The molecular formula is C15H17NO2. The summed E-state index contributed by atoms with van der Waals surface area (Å²) in [6.07, 6.45) is 2.65. The summed E-state index contributed by atoms with van der Waals surface area (Å²) in [5.41, 5.74) is 2.21. The second kappa shape index (κ2) is 4.50. The van der Waals surface area contributed by atoms with Crippen LogP contribution < -0.4 is 4.74 Å². The predicted molar refractivity (Wildman–Crippen MR) is 69.6 cm³/mol. The maximum Gasteiger partial charge on any atom is 0.123 e. The summed E-state index contributed by atoms with van der Waals surface area (Å²) in [5, 5.41) is 9.68. The normalized spacial score (nSPS) is 19.3. The zero-order valence-corrected chi connectivity index (χ0v) is 10.4. The zero-order chi connectivity index (χ0) is 12.5. The molecule has 2 heterocycles. The smallest absolute Gasteiger partial charge is 0.123 e. The van der Waals surface area contributed by atoms with Gasteiger partial charge in [0.15, 0.2) is 0 Å². The molecule has 3 nitrogen and oxygen atoms in total. The molecule has 1 aliphatic rings. The molecule has 0 fully saturated rings. The van der Waals surface area contributed by atoms with E-state index in [1.54, 1.807) is 6.92 Å². The van der Waals surface area contributed by atoms with Crippen LogP contribution in [-0.4, -0.2) is 15.8 Å². The van der Waals surface area contributed by atoms with Crippen molar-refractivity contribution < 1.29 is 9.84 Å². The third-order valence-electron chi connectivity index (χ3n) is 3.41. The summed E-state index contributed by atoms with van der Waals surface area (Å²) in [5.74, 6) is 0.994. The maximum absolute atomic E-state index is 9.68. The summed E-state index contributed by atoms with van der Waals surface area (Å²) in [4.78, 5) is 0. The lowest BCUT2D eigenvalue weighted by atomic mass is 10.1. The number of hydrogen-bond acceptors (Lipinski definition) is 2. The third kappa shape index (κ3) is 2.02. The Morgan fingerprint density at radius 1 is 1.33 bits per heavy atom. The maximum atomic E-state index is 9.68. The monoisotopic (exact) mass is 243 g/mol. The molecule has 2 atom stereocenters. The number of hydrogen-bond donors (Lipinski definition) is 1. The molecule has 2 unspecified atom stereocenters. The number of aliphatic hydroxyl groups is 1. The van der Waals surface area contributed by atoms with E-state index in [9.17, 15) is 5.11 Å². The van der Waals surface area contributed by atoms with Crippen molar-refractivity contribution in [3.63, 3.8) is 0 Å². The Labute approximate surface area is 107 Å². The van der Waals surface area contributed by atoms with Gasteiger partial charge < -0.3 is 14.4 Å². The van der Waals surface area contributed by atoms with E-state index < -0.39 is 6.10 Å². The molecule has 0 aliphatic carbocycles. The van der Waals surface area contributed by atoms with Gasteiger partial charge in [0.05, 0.1) is 12.6 Å². The Kier molecular flexibility index (Phi) is 2.84. The van der Waals surface area contributed by atoms with Crippen LogP contribution in [0.1, 0.15) is 24.3 Å². The van der Waals surface area contributed by atoms with Gasteiger partial charge in [0, 0.05) is 18.3 Å². The van der Waals surface area contributed by atoms with Gasteiger partial charge in [-0.05, 0) is 30.7 Å². The first-order valence-corrected chi connectivity index (χ1v) is 6.31. The van der Waals surface area contributed by atoms with E-state index in [0.717, 1.165) is 24.4 Å². The average molecular weight is 243 g/mol. The van der Waals surface area contributed by atoms with Gasteiger partial charge in [-0.1, -0.05) is 18.2 Å². The van der Waals surface area contributed by atoms with Crippen molar-refractivity contribution in [1.29, 1.82) is 0 Å². The number of aliphatic hydroxyl groups excluding tert-OH is 1. The minimum atomic E-state index is -0.441. The van der Waals surface area contributed by atoms with Crippen LogP contribution in [0.3, 0.4) is 0 Å². The quantitative estimate of drug-likeness (QED) is 0.899. The third-order valence-corrected chi connectivity index (χ3v) is 3.41. The van der Waals surface area contributed by atoms with Crippen molar-refractivity contribution in [1.82, 2.24) is 4.57 Å². The molecule has 3 rings (SSSR count). The van der Waals surface area contributed by atoms with Gasteiger partial charge in [-0.25, -0.2) is 0 Å². The van der Waals surface area contributed by atoms with E-state index >= 15 is 0 Å². The van der Waals surface area contributed by atoms with Gasteiger partial charge in [-0.15, -0.1) is 0 Å². The Morgan fingerprint density at radius 2 is 2.17 bits per heavy atom. The molecular weight excluding hydrogens is 226 g/mol. The van der Waals surface area contributed by atoms with Crippen LogP contribution >= 0.6 is 0 Å². The van der Waals surface area contributed by atoms with Crippen molar-refractivity contribution in [2.24, 2.45) is 0 Å². The van der Waals surface area contributed by atoms with E-state index in [-0.39, 0.29) is 6.10 Å². The number of aromatic nitrogens is 1. The first kappa shape index (κ1) is 11.4. The summed E-state index contributed by atoms with van der Waals surface area (Å²) in [6.45, 7) is 2.57. The van der Waals surface area contributed by atoms with E-state index in [0.29, 0.717) is 0 Å².